The fourth-order valence-electron chi connectivity index (χ4n) is 6.90. The average Bonchev–Trinajstić information content (AvgIpc) is 3.18. The summed E-state index contributed by atoms with van der Waals surface area (Å²) in [6.07, 6.45) is 4.52. The first kappa shape index (κ1) is 28.8. The molecule has 214 valence electrons. The SMILES string of the molecule is CC/C(=C\c1cc(C)c(O)c(C)c1)CC[C@H]1OB(O)C[C@H]2C1=C(C)C[C@H]1C(=O)N(c3cccc([N+](=O)[O-])c3)C(=O)[C@H]12. The van der Waals surface area contributed by atoms with Crippen LogP contribution < -0.4 is 4.90 Å². The Hall–Kier alpha value is -3.76. The van der Waals surface area contributed by atoms with Crippen LogP contribution in [-0.4, -0.2) is 40.1 Å². The van der Waals surface area contributed by atoms with Crippen LogP contribution in [0.5, 0.6) is 5.75 Å². The van der Waals surface area contributed by atoms with Crippen LogP contribution >= 0.6 is 0 Å². The van der Waals surface area contributed by atoms with Crippen LogP contribution in [0.25, 0.3) is 6.08 Å². The molecule has 0 saturated carbocycles. The lowest BCUT2D eigenvalue weighted by Gasteiger charge is -2.42. The van der Waals surface area contributed by atoms with Gasteiger partial charge in [-0.3, -0.25) is 19.7 Å². The second kappa shape index (κ2) is 11.3. The van der Waals surface area contributed by atoms with Crippen LogP contribution in [0.15, 0.2) is 53.1 Å². The molecule has 5 rings (SSSR count). The Bertz CT molecular complexity index is 1460. The summed E-state index contributed by atoms with van der Waals surface area (Å²) in [6.45, 7) is 7.82. The molecule has 2 heterocycles. The monoisotopic (exact) mass is 558 g/mol. The predicted molar refractivity (Wildman–Crippen MR) is 156 cm³/mol. The predicted octanol–water partition coefficient (Wildman–Crippen LogP) is 5.51. The van der Waals surface area contributed by atoms with Crippen molar-refractivity contribution in [2.75, 3.05) is 4.90 Å². The minimum absolute atomic E-state index is 0.188. The molecule has 9 nitrogen and oxygen atoms in total. The number of hydrogen-bond acceptors (Lipinski definition) is 7. The molecule has 4 atom stereocenters. The molecule has 2 aromatic rings. The Labute approximate surface area is 239 Å². The number of nitro groups is 1. The summed E-state index contributed by atoms with van der Waals surface area (Å²) in [5.41, 5.74) is 5.86. The zero-order valence-corrected chi connectivity index (χ0v) is 23.8. The number of anilines is 1. The molecule has 3 aliphatic rings. The molecular formula is C31H35BN2O7. The molecule has 41 heavy (non-hydrogen) atoms. The van der Waals surface area contributed by atoms with E-state index < -0.39 is 30.0 Å². The second-order valence-corrected chi connectivity index (χ2v) is 11.5. The molecule has 10 heteroatoms. The Morgan fingerprint density at radius 2 is 1.85 bits per heavy atom. The standard InChI is InChI=1S/C31H35BN2O7/c1-5-20(14-21-11-18(3)29(35)19(4)12-21)9-10-26-27-17(2)13-24-28(25(27)16-32(38)41-26)31(37)33(30(24)36)22-7-6-8-23(15-22)34(39)40/h6-8,11-12,14-15,24-26,28,35,38H,5,9-10,13,16H2,1-4H3/b20-14+/t24-,25+,26-,28-/m1/s1. The molecule has 2 amide bonds. The highest BCUT2D eigenvalue weighted by atomic mass is 16.6. The van der Waals surface area contributed by atoms with Crippen LogP contribution in [0.2, 0.25) is 6.32 Å². The molecule has 2 aromatic carbocycles. The lowest BCUT2D eigenvalue weighted by Crippen LogP contribution is -2.46. The van der Waals surface area contributed by atoms with Gasteiger partial charge in [-0.25, -0.2) is 4.90 Å². The van der Waals surface area contributed by atoms with E-state index in [9.17, 15) is 29.8 Å². The number of aromatic hydroxyl groups is 1. The second-order valence-electron chi connectivity index (χ2n) is 11.5. The molecule has 0 spiro atoms. The Morgan fingerprint density at radius 3 is 2.51 bits per heavy atom. The van der Waals surface area contributed by atoms with E-state index in [0.717, 1.165) is 45.6 Å². The van der Waals surface area contributed by atoms with E-state index in [4.69, 9.17) is 4.65 Å². The first-order valence-electron chi connectivity index (χ1n) is 14.1. The third-order valence-electron chi connectivity index (χ3n) is 8.82. The third kappa shape index (κ3) is 5.34. The maximum absolute atomic E-state index is 13.8. The van der Waals surface area contributed by atoms with Gasteiger partial charge >= 0.3 is 7.12 Å². The zero-order chi connectivity index (χ0) is 29.6. The summed E-state index contributed by atoms with van der Waals surface area (Å²) in [6, 6.07) is 9.51. The van der Waals surface area contributed by atoms with Gasteiger partial charge in [-0.2, -0.15) is 0 Å². The number of non-ortho nitro benzene ring substituents is 1. The normalized spacial score (nSPS) is 24.6. The summed E-state index contributed by atoms with van der Waals surface area (Å²) in [5, 5.41) is 32.2. The molecule has 0 radical (unpaired) electrons. The Balaban J connectivity index is 1.40. The highest BCUT2D eigenvalue weighted by Crippen LogP contribution is 2.51. The zero-order valence-electron chi connectivity index (χ0n) is 23.8. The van der Waals surface area contributed by atoms with Crippen molar-refractivity contribution in [2.24, 2.45) is 17.8 Å². The van der Waals surface area contributed by atoms with Crippen LogP contribution in [-0.2, 0) is 14.2 Å². The van der Waals surface area contributed by atoms with Gasteiger partial charge in [0.25, 0.3) is 5.69 Å². The fraction of sp³-hybridized carbons (Fsp3) is 0.419. The number of phenolic OH excluding ortho intramolecular Hbond substituents is 1. The van der Waals surface area contributed by atoms with Gasteiger partial charge in [-0.15, -0.1) is 0 Å². The average molecular weight is 558 g/mol. The lowest BCUT2D eigenvalue weighted by atomic mass is 9.59. The van der Waals surface area contributed by atoms with Gasteiger partial charge in [0.05, 0.1) is 28.6 Å². The fourth-order valence-corrected chi connectivity index (χ4v) is 6.90. The largest absolute Gasteiger partial charge is 0.507 e. The molecular weight excluding hydrogens is 523 g/mol. The molecule has 1 aliphatic carbocycles. The number of hydrogen-bond donors (Lipinski definition) is 2. The molecule has 2 N–H and O–H groups in total. The lowest BCUT2D eigenvalue weighted by molar-refractivity contribution is -0.384. The number of imide groups is 1. The van der Waals surface area contributed by atoms with Crippen molar-refractivity contribution in [3.05, 3.63) is 79.9 Å². The number of fused-ring (bicyclic) bond motifs is 3. The number of nitro benzene ring substituents is 1. The van der Waals surface area contributed by atoms with Gasteiger partial charge < -0.3 is 14.8 Å². The molecule has 2 aliphatic heterocycles. The topological polar surface area (TPSA) is 130 Å². The van der Waals surface area contributed by atoms with E-state index in [2.05, 4.69) is 13.0 Å². The van der Waals surface area contributed by atoms with Gasteiger partial charge in [0.1, 0.15) is 5.75 Å². The minimum Gasteiger partial charge on any atom is -0.507 e. The van der Waals surface area contributed by atoms with Gasteiger partial charge in [-0.05, 0) is 99.2 Å². The van der Waals surface area contributed by atoms with Gasteiger partial charge in [0, 0.05) is 12.1 Å². The van der Waals surface area contributed by atoms with Gasteiger partial charge in [-0.1, -0.05) is 30.2 Å². The quantitative estimate of drug-likeness (QED) is 0.151. The molecule has 0 bridgehead atoms. The van der Waals surface area contributed by atoms with Gasteiger partial charge in [0.2, 0.25) is 11.8 Å². The van der Waals surface area contributed by atoms with E-state index in [1.54, 1.807) is 6.07 Å². The van der Waals surface area contributed by atoms with Crippen LogP contribution in [0.3, 0.4) is 0 Å². The summed E-state index contributed by atoms with van der Waals surface area (Å²) in [5.74, 6) is -2.00. The van der Waals surface area contributed by atoms with E-state index >= 15 is 0 Å². The number of allylic oxidation sites excluding steroid dienone is 2. The van der Waals surface area contributed by atoms with Crippen molar-refractivity contribution in [3.8, 4) is 5.75 Å². The molecule has 2 fully saturated rings. The van der Waals surface area contributed by atoms with Gasteiger partial charge in [0.15, 0.2) is 0 Å². The third-order valence-corrected chi connectivity index (χ3v) is 8.82. The van der Waals surface area contributed by atoms with Crippen molar-refractivity contribution in [1.29, 1.82) is 0 Å². The molecule has 0 unspecified atom stereocenters. The van der Waals surface area contributed by atoms with E-state index in [1.165, 1.54) is 23.8 Å². The van der Waals surface area contributed by atoms with E-state index in [-0.39, 0.29) is 35.4 Å². The first-order valence-corrected chi connectivity index (χ1v) is 14.1. The van der Waals surface area contributed by atoms with Crippen molar-refractivity contribution >= 4 is 36.4 Å². The van der Waals surface area contributed by atoms with Crippen LogP contribution in [0.1, 0.15) is 56.2 Å². The highest BCUT2D eigenvalue weighted by molar-refractivity contribution is 6.43. The summed E-state index contributed by atoms with van der Waals surface area (Å²) in [4.78, 5) is 39.1. The van der Waals surface area contributed by atoms with E-state index in [1.807, 2.05) is 32.9 Å². The van der Waals surface area contributed by atoms with Crippen molar-refractivity contribution in [3.63, 3.8) is 0 Å². The van der Waals surface area contributed by atoms with E-state index in [0.29, 0.717) is 18.6 Å². The Morgan fingerprint density at radius 1 is 1.15 bits per heavy atom. The Kier molecular flexibility index (Phi) is 7.90. The number of amides is 2. The smallest absolute Gasteiger partial charge is 0.455 e. The summed E-state index contributed by atoms with van der Waals surface area (Å²) >= 11 is 0. The maximum Gasteiger partial charge on any atom is 0.455 e. The van der Waals surface area contributed by atoms with Crippen LogP contribution in [0, 0.1) is 41.7 Å². The van der Waals surface area contributed by atoms with Crippen molar-refractivity contribution in [1.82, 2.24) is 0 Å². The number of rotatable bonds is 7. The number of carbonyl (C=O) groups is 2. The highest BCUT2D eigenvalue weighted by Gasteiger charge is 2.57. The number of benzene rings is 2. The summed E-state index contributed by atoms with van der Waals surface area (Å²) < 4.78 is 6.04. The molecule has 0 aromatic heterocycles. The maximum atomic E-state index is 13.8. The minimum atomic E-state index is -1.06. The number of phenols is 1. The van der Waals surface area contributed by atoms with Crippen molar-refractivity contribution in [2.45, 2.75) is 65.8 Å². The molecule has 2 saturated heterocycles. The van der Waals surface area contributed by atoms with Crippen molar-refractivity contribution < 1.29 is 29.3 Å². The van der Waals surface area contributed by atoms with Crippen LogP contribution in [0.4, 0.5) is 11.4 Å². The first-order chi connectivity index (χ1) is 19.5. The summed E-state index contributed by atoms with van der Waals surface area (Å²) in [7, 11) is -1.06. The number of nitrogens with zero attached hydrogens (tertiary/aromatic N) is 2. The number of aryl methyl sites for hydroxylation is 2. The number of carbonyl (C=O) groups excluding carboxylic acids is 2.